The molecular weight excluding hydrogens is 442 g/mol. The van der Waals surface area contributed by atoms with Gasteiger partial charge in [0.25, 0.3) is 5.56 Å². The standard InChI is InChI=1S/C28H27N3O4/c1-4-34-24-12-8-9-20-16-23-27(33)31(22-10-6-5-7-11-22)30(28(23)35-26(20)24)17-25(32)29-21-14-18(2)13-19(3)15-21/h5-15H,4,16-17H2,1-3H3,(H,29,32). The Bertz CT molecular complexity index is 1450. The molecule has 1 aliphatic heterocycles. The molecule has 7 heteroatoms. The highest BCUT2D eigenvalue weighted by molar-refractivity contribution is 5.90. The smallest absolute Gasteiger partial charge is 0.278 e. The van der Waals surface area contributed by atoms with E-state index in [9.17, 15) is 9.59 Å². The first kappa shape index (κ1) is 22.5. The van der Waals surface area contributed by atoms with Gasteiger partial charge >= 0.3 is 0 Å². The SMILES string of the molecule is CCOc1cccc2c1Oc1c(c(=O)n(-c3ccccc3)n1CC(=O)Nc1cc(C)cc(C)c1)C2. The van der Waals surface area contributed by atoms with E-state index in [1.54, 1.807) is 4.68 Å². The summed E-state index contributed by atoms with van der Waals surface area (Å²) in [7, 11) is 0. The average Bonchev–Trinajstić information content (AvgIpc) is 3.08. The normalized spacial score (nSPS) is 11.9. The van der Waals surface area contributed by atoms with Crippen molar-refractivity contribution in [2.45, 2.75) is 33.7 Å². The summed E-state index contributed by atoms with van der Waals surface area (Å²) in [6.45, 7) is 6.27. The number of para-hydroxylation sites is 2. The summed E-state index contributed by atoms with van der Waals surface area (Å²) >= 11 is 0. The lowest BCUT2D eigenvalue weighted by molar-refractivity contribution is -0.117. The maximum Gasteiger partial charge on any atom is 0.278 e. The van der Waals surface area contributed by atoms with Gasteiger partial charge in [0.2, 0.25) is 11.8 Å². The summed E-state index contributed by atoms with van der Waals surface area (Å²) in [5.41, 5.74) is 4.66. The minimum atomic E-state index is -0.259. The van der Waals surface area contributed by atoms with Gasteiger partial charge in [0.15, 0.2) is 11.5 Å². The highest BCUT2D eigenvalue weighted by atomic mass is 16.5. The van der Waals surface area contributed by atoms with Crippen LogP contribution in [-0.2, 0) is 17.8 Å². The van der Waals surface area contributed by atoms with Crippen molar-refractivity contribution < 1.29 is 14.3 Å². The first-order valence-electron chi connectivity index (χ1n) is 11.7. The number of nitrogens with zero attached hydrogens (tertiary/aromatic N) is 2. The molecule has 1 N–H and O–H groups in total. The van der Waals surface area contributed by atoms with Crippen LogP contribution in [0.1, 0.15) is 29.2 Å². The molecule has 1 aliphatic rings. The van der Waals surface area contributed by atoms with Crippen molar-refractivity contribution in [1.29, 1.82) is 0 Å². The molecule has 4 aromatic rings. The molecule has 0 radical (unpaired) electrons. The monoisotopic (exact) mass is 469 g/mol. The van der Waals surface area contributed by atoms with Crippen LogP contribution in [-0.4, -0.2) is 21.9 Å². The van der Waals surface area contributed by atoms with Crippen molar-refractivity contribution in [1.82, 2.24) is 9.36 Å². The van der Waals surface area contributed by atoms with Crippen LogP contribution >= 0.6 is 0 Å². The molecule has 1 aromatic heterocycles. The van der Waals surface area contributed by atoms with E-state index in [4.69, 9.17) is 9.47 Å². The Hall–Kier alpha value is -4.26. The number of benzene rings is 3. The average molecular weight is 470 g/mol. The molecule has 0 saturated heterocycles. The third kappa shape index (κ3) is 4.33. The molecule has 0 atom stereocenters. The van der Waals surface area contributed by atoms with Gasteiger partial charge in [-0.05, 0) is 62.2 Å². The molecule has 35 heavy (non-hydrogen) atoms. The number of rotatable bonds is 6. The minimum absolute atomic E-state index is 0.0986. The Morgan fingerprint density at radius 2 is 1.77 bits per heavy atom. The minimum Gasteiger partial charge on any atom is -0.490 e. The Morgan fingerprint density at radius 1 is 1.03 bits per heavy atom. The molecule has 3 aromatic carbocycles. The third-order valence-corrected chi connectivity index (χ3v) is 5.91. The number of carbonyl (C=O) groups excluding carboxylic acids is 1. The fourth-order valence-corrected chi connectivity index (χ4v) is 4.57. The first-order valence-corrected chi connectivity index (χ1v) is 11.7. The predicted octanol–water partition coefficient (Wildman–Crippen LogP) is 4.99. The van der Waals surface area contributed by atoms with Crippen molar-refractivity contribution in [2.75, 3.05) is 11.9 Å². The van der Waals surface area contributed by atoms with Crippen LogP contribution in [0, 0.1) is 13.8 Å². The predicted molar refractivity (Wildman–Crippen MR) is 135 cm³/mol. The summed E-state index contributed by atoms with van der Waals surface area (Å²) < 4.78 is 15.2. The van der Waals surface area contributed by atoms with Crippen LogP contribution in [0.3, 0.4) is 0 Å². The highest BCUT2D eigenvalue weighted by Crippen LogP contribution is 2.42. The lowest BCUT2D eigenvalue weighted by atomic mass is 10.0. The van der Waals surface area contributed by atoms with Crippen molar-refractivity contribution in [2.24, 2.45) is 0 Å². The number of hydrogen-bond donors (Lipinski definition) is 1. The molecule has 0 aliphatic carbocycles. The molecule has 0 unspecified atom stereocenters. The summed E-state index contributed by atoms with van der Waals surface area (Å²) in [5.74, 6) is 1.29. The van der Waals surface area contributed by atoms with E-state index in [1.807, 2.05) is 87.5 Å². The van der Waals surface area contributed by atoms with E-state index < -0.39 is 0 Å². The Morgan fingerprint density at radius 3 is 2.49 bits per heavy atom. The quantitative estimate of drug-likeness (QED) is 0.380. The van der Waals surface area contributed by atoms with Crippen LogP contribution in [0.25, 0.3) is 5.69 Å². The van der Waals surface area contributed by atoms with E-state index in [1.165, 1.54) is 4.68 Å². The Balaban J connectivity index is 1.58. The van der Waals surface area contributed by atoms with Crippen molar-refractivity contribution in [3.05, 3.63) is 99.3 Å². The van der Waals surface area contributed by atoms with Gasteiger partial charge in [0.1, 0.15) is 6.54 Å². The van der Waals surface area contributed by atoms with E-state index >= 15 is 0 Å². The molecule has 7 nitrogen and oxygen atoms in total. The zero-order chi connectivity index (χ0) is 24.5. The number of nitrogens with one attached hydrogen (secondary N) is 1. The zero-order valence-electron chi connectivity index (χ0n) is 20.0. The summed E-state index contributed by atoms with van der Waals surface area (Å²) in [5, 5.41) is 2.96. The van der Waals surface area contributed by atoms with Crippen molar-refractivity contribution in [3.8, 4) is 23.1 Å². The molecule has 0 bridgehead atoms. The Kier molecular flexibility index (Phi) is 5.91. The Labute approximate surface area is 203 Å². The van der Waals surface area contributed by atoms with Crippen LogP contribution in [0.4, 0.5) is 5.69 Å². The molecular formula is C28H27N3O4. The molecule has 1 amide bonds. The fraction of sp³-hybridized carbons (Fsp3) is 0.214. The molecule has 0 saturated carbocycles. The van der Waals surface area contributed by atoms with Gasteiger partial charge in [-0.25, -0.2) is 9.36 Å². The molecule has 178 valence electrons. The second-order valence-electron chi connectivity index (χ2n) is 8.67. The third-order valence-electron chi connectivity index (χ3n) is 5.91. The van der Waals surface area contributed by atoms with Crippen LogP contribution in [0.2, 0.25) is 0 Å². The second kappa shape index (κ2) is 9.18. The van der Waals surface area contributed by atoms with E-state index in [0.717, 1.165) is 16.7 Å². The molecule has 0 fully saturated rings. The number of carbonyl (C=O) groups is 1. The first-order chi connectivity index (χ1) is 16.9. The number of fused-ring (bicyclic) bond motifs is 2. The van der Waals surface area contributed by atoms with Gasteiger partial charge < -0.3 is 14.8 Å². The largest absolute Gasteiger partial charge is 0.490 e. The number of amides is 1. The number of aromatic nitrogens is 2. The highest BCUT2D eigenvalue weighted by Gasteiger charge is 2.30. The maximum atomic E-state index is 13.6. The summed E-state index contributed by atoms with van der Waals surface area (Å²) in [6.07, 6.45) is 0.392. The topological polar surface area (TPSA) is 74.5 Å². The zero-order valence-corrected chi connectivity index (χ0v) is 20.0. The van der Waals surface area contributed by atoms with E-state index in [-0.39, 0.29) is 18.0 Å². The summed E-state index contributed by atoms with van der Waals surface area (Å²) in [4.78, 5) is 26.8. The van der Waals surface area contributed by atoms with Gasteiger partial charge in [-0.3, -0.25) is 9.59 Å². The summed E-state index contributed by atoms with van der Waals surface area (Å²) in [6, 6.07) is 20.8. The lowest BCUT2D eigenvalue weighted by Crippen LogP contribution is -2.27. The van der Waals surface area contributed by atoms with Crippen molar-refractivity contribution >= 4 is 11.6 Å². The second-order valence-corrected chi connectivity index (χ2v) is 8.67. The van der Waals surface area contributed by atoms with Gasteiger partial charge in [0.05, 0.1) is 17.9 Å². The fourth-order valence-electron chi connectivity index (χ4n) is 4.57. The van der Waals surface area contributed by atoms with Gasteiger partial charge in [-0.2, -0.15) is 0 Å². The number of ether oxygens (including phenoxy) is 2. The van der Waals surface area contributed by atoms with E-state index in [2.05, 4.69) is 5.32 Å². The maximum absolute atomic E-state index is 13.6. The van der Waals surface area contributed by atoms with Crippen LogP contribution in [0.5, 0.6) is 17.4 Å². The lowest BCUT2D eigenvalue weighted by Gasteiger charge is -2.21. The van der Waals surface area contributed by atoms with Crippen molar-refractivity contribution in [3.63, 3.8) is 0 Å². The number of hydrogen-bond acceptors (Lipinski definition) is 4. The molecule has 0 spiro atoms. The number of anilines is 1. The van der Waals surface area contributed by atoms with Gasteiger partial charge in [-0.15, -0.1) is 0 Å². The van der Waals surface area contributed by atoms with Crippen LogP contribution < -0.4 is 20.3 Å². The van der Waals surface area contributed by atoms with Gasteiger partial charge in [-0.1, -0.05) is 36.4 Å². The van der Waals surface area contributed by atoms with Gasteiger partial charge in [0, 0.05) is 17.7 Å². The molecule has 5 rings (SSSR count). The number of aryl methyl sites for hydroxylation is 2. The molecule has 2 heterocycles. The van der Waals surface area contributed by atoms with E-state index in [0.29, 0.717) is 47.3 Å². The van der Waals surface area contributed by atoms with Crippen LogP contribution in [0.15, 0.2) is 71.5 Å².